The Morgan fingerprint density at radius 3 is 2.47 bits per heavy atom. The van der Waals surface area contributed by atoms with Gasteiger partial charge in [-0.15, -0.1) is 0 Å². The molecule has 0 aromatic heterocycles. The van der Waals surface area contributed by atoms with Gasteiger partial charge in [0.25, 0.3) is 5.91 Å². The van der Waals surface area contributed by atoms with Gasteiger partial charge in [0.2, 0.25) is 5.91 Å². The third-order valence-corrected chi connectivity index (χ3v) is 6.56. The molecule has 0 bridgehead atoms. The second kappa shape index (κ2) is 9.43. The first-order valence-electron chi connectivity index (χ1n) is 9.84. The van der Waals surface area contributed by atoms with Crippen molar-refractivity contribution in [3.8, 4) is 0 Å². The number of benzene rings is 2. The van der Waals surface area contributed by atoms with Crippen LogP contribution in [-0.2, 0) is 19.1 Å². The van der Waals surface area contributed by atoms with Crippen LogP contribution in [0.2, 0.25) is 0 Å². The number of halogens is 1. The normalized spacial score (nSPS) is 17.0. The molecule has 30 heavy (non-hydrogen) atoms. The smallest absolute Gasteiger partial charge is 0.311 e. The van der Waals surface area contributed by atoms with E-state index in [1.807, 2.05) is 63.2 Å². The standard InChI is InChI=1S/C23H25BrN2O4/c1-14-9-19(10-15(2)22(14)24)25-20(27)13-30-23(29)18-11-21(28)26(12-18)16(3)17-7-5-4-6-8-17/h4-10,16,18H,11-13H2,1-3H3,(H,25,27)/t16-,18-/m1/s1. The minimum Gasteiger partial charge on any atom is -0.455 e. The van der Waals surface area contributed by atoms with Crippen LogP contribution in [0.25, 0.3) is 0 Å². The average molecular weight is 473 g/mol. The van der Waals surface area contributed by atoms with Crippen molar-refractivity contribution in [2.75, 3.05) is 18.5 Å². The van der Waals surface area contributed by atoms with Crippen LogP contribution in [0, 0.1) is 19.8 Å². The Labute approximate surface area is 184 Å². The number of rotatable bonds is 6. The summed E-state index contributed by atoms with van der Waals surface area (Å²) in [5.74, 6) is -1.58. The molecule has 0 aliphatic carbocycles. The lowest BCUT2D eigenvalue weighted by Gasteiger charge is -2.25. The Balaban J connectivity index is 1.53. The van der Waals surface area contributed by atoms with Crippen LogP contribution in [0.4, 0.5) is 5.69 Å². The second-order valence-electron chi connectivity index (χ2n) is 7.61. The maximum atomic E-state index is 12.4. The highest BCUT2D eigenvalue weighted by Crippen LogP contribution is 2.29. The Bertz CT molecular complexity index is 938. The molecule has 1 aliphatic heterocycles. The largest absolute Gasteiger partial charge is 0.455 e. The number of carbonyl (C=O) groups is 3. The van der Waals surface area contributed by atoms with Crippen LogP contribution in [0.3, 0.4) is 0 Å². The molecule has 1 aliphatic rings. The van der Waals surface area contributed by atoms with E-state index in [1.165, 1.54) is 0 Å². The molecule has 3 rings (SSSR count). The quantitative estimate of drug-likeness (QED) is 0.640. The Morgan fingerprint density at radius 2 is 1.83 bits per heavy atom. The fourth-order valence-corrected chi connectivity index (χ4v) is 3.87. The van der Waals surface area contributed by atoms with Gasteiger partial charge in [0, 0.05) is 23.1 Å². The van der Waals surface area contributed by atoms with Gasteiger partial charge in [-0.25, -0.2) is 0 Å². The van der Waals surface area contributed by atoms with Crippen molar-refractivity contribution < 1.29 is 19.1 Å². The van der Waals surface area contributed by atoms with E-state index < -0.39 is 17.8 Å². The summed E-state index contributed by atoms with van der Waals surface area (Å²) in [5.41, 5.74) is 3.66. The lowest BCUT2D eigenvalue weighted by Crippen LogP contribution is -2.30. The number of aryl methyl sites for hydroxylation is 2. The lowest BCUT2D eigenvalue weighted by molar-refractivity contribution is -0.151. The first-order chi connectivity index (χ1) is 14.3. The van der Waals surface area contributed by atoms with E-state index in [1.54, 1.807) is 4.90 Å². The summed E-state index contributed by atoms with van der Waals surface area (Å²) in [7, 11) is 0. The molecule has 1 N–H and O–H groups in total. The number of nitrogens with one attached hydrogen (secondary N) is 1. The monoisotopic (exact) mass is 472 g/mol. The van der Waals surface area contributed by atoms with Gasteiger partial charge in [0.1, 0.15) is 0 Å². The van der Waals surface area contributed by atoms with Crippen LogP contribution in [0.5, 0.6) is 0 Å². The van der Waals surface area contributed by atoms with E-state index in [9.17, 15) is 14.4 Å². The van der Waals surface area contributed by atoms with Gasteiger partial charge in [0.05, 0.1) is 12.0 Å². The minimum atomic E-state index is -0.561. The Kier molecular flexibility index (Phi) is 6.92. The summed E-state index contributed by atoms with van der Waals surface area (Å²) in [6.45, 7) is 5.72. The van der Waals surface area contributed by atoms with Crippen molar-refractivity contribution in [3.05, 3.63) is 63.6 Å². The van der Waals surface area contributed by atoms with Crippen LogP contribution in [0.15, 0.2) is 46.9 Å². The van der Waals surface area contributed by atoms with Crippen molar-refractivity contribution >= 4 is 39.4 Å². The first kappa shape index (κ1) is 22.0. The molecule has 2 aromatic carbocycles. The zero-order valence-corrected chi connectivity index (χ0v) is 18.9. The van der Waals surface area contributed by atoms with Crippen molar-refractivity contribution in [1.29, 1.82) is 0 Å². The van der Waals surface area contributed by atoms with Gasteiger partial charge in [-0.1, -0.05) is 46.3 Å². The molecule has 0 unspecified atom stereocenters. The van der Waals surface area contributed by atoms with E-state index in [0.29, 0.717) is 12.2 Å². The van der Waals surface area contributed by atoms with Gasteiger partial charge >= 0.3 is 5.97 Å². The fourth-order valence-electron chi connectivity index (χ4n) is 3.64. The highest BCUT2D eigenvalue weighted by Gasteiger charge is 2.38. The molecule has 1 saturated heterocycles. The number of esters is 1. The summed E-state index contributed by atoms with van der Waals surface area (Å²) < 4.78 is 6.18. The summed E-state index contributed by atoms with van der Waals surface area (Å²) in [6.07, 6.45) is 0.0999. The van der Waals surface area contributed by atoms with E-state index in [4.69, 9.17) is 4.74 Å². The molecule has 6 nitrogen and oxygen atoms in total. The molecule has 158 valence electrons. The zero-order valence-electron chi connectivity index (χ0n) is 17.3. The minimum absolute atomic E-state index is 0.0847. The van der Waals surface area contributed by atoms with Crippen LogP contribution < -0.4 is 5.32 Å². The van der Waals surface area contributed by atoms with Crippen LogP contribution in [-0.4, -0.2) is 35.8 Å². The SMILES string of the molecule is Cc1cc(NC(=O)COC(=O)[C@@H]2CC(=O)N([C@H](C)c3ccccc3)C2)cc(C)c1Br. The van der Waals surface area contributed by atoms with E-state index in [2.05, 4.69) is 21.2 Å². The Hall–Kier alpha value is -2.67. The molecule has 1 fully saturated rings. The third-order valence-electron chi connectivity index (χ3n) is 5.31. The molecule has 2 aromatic rings. The Morgan fingerprint density at radius 1 is 1.20 bits per heavy atom. The van der Waals surface area contributed by atoms with Gasteiger partial charge < -0.3 is 15.0 Å². The maximum Gasteiger partial charge on any atom is 0.311 e. The molecule has 2 amide bonds. The number of amides is 2. The molecule has 7 heteroatoms. The molecule has 0 spiro atoms. The van der Waals surface area contributed by atoms with Crippen molar-refractivity contribution in [1.82, 2.24) is 4.90 Å². The summed E-state index contributed by atoms with van der Waals surface area (Å²) in [5, 5.41) is 2.74. The lowest BCUT2D eigenvalue weighted by atomic mass is 10.1. The summed E-state index contributed by atoms with van der Waals surface area (Å²) in [4.78, 5) is 38.7. The summed E-state index contributed by atoms with van der Waals surface area (Å²) >= 11 is 3.49. The molecule has 1 heterocycles. The average Bonchev–Trinajstić information content (AvgIpc) is 3.12. The number of carbonyl (C=O) groups excluding carboxylic acids is 3. The molecular weight excluding hydrogens is 448 g/mol. The zero-order chi connectivity index (χ0) is 21.8. The van der Waals surface area contributed by atoms with Gasteiger partial charge in [-0.05, 0) is 49.6 Å². The molecule has 0 saturated carbocycles. The van der Waals surface area contributed by atoms with Crippen LogP contribution >= 0.6 is 15.9 Å². The highest BCUT2D eigenvalue weighted by atomic mass is 79.9. The van der Waals surface area contributed by atoms with Crippen molar-refractivity contribution in [3.63, 3.8) is 0 Å². The maximum absolute atomic E-state index is 12.4. The van der Waals surface area contributed by atoms with Crippen molar-refractivity contribution in [2.24, 2.45) is 5.92 Å². The van der Waals surface area contributed by atoms with Gasteiger partial charge in [0.15, 0.2) is 6.61 Å². The number of ether oxygens (including phenoxy) is 1. The number of hydrogen-bond donors (Lipinski definition) is 1. The fraction of sp³-hybridized carbons (Fsp3) is 0.348. The summed E-state index contributed by atoms with van der Waals surface area (Å²) in [6, 6.07) is 13.2. The predicted octanol–water partition coefficient (Wildman–Crippen LogP) is 4.16. The second-order valence-corrected chi connectivity index (χ2v) is 8.41. The number of hydrogen-bond acceptors (Lipinski definition) is 4. The van der Waals surface area contributed by atoms with E-state index in [0.717, 1.165) is 21.2 Å². The van der Waals surface area contributed by atoms with E-state index in [-0.39, 0.29) is 25.0 Å². The number of likely N-dealkylation sites (tertiary alicyclic amines) is 1. The molecular formula is C23H25BrN2O4. The highest BCUT2D eigenvalue weighted by molar-refractivity contribution is 9.10. The van der Waals surface area contributed by atoms with E-state index >= 15 is 0 Å². The van der Waals surface area contributed by atoms with Crippen LogP contribution in [0.1, 0.15) is 36.1 Å². The molecule has 0 radical (unpaired) electrons. The topological polar surface area (TPSA) is 75.7 Å². The predicted molar refractivity (Wildman–Crippen MR) is 118 cm³/mol. The number of nitrogens with zero attached hydrogens (tertiary/aromatic N) is 1. The third kappa shape index (κ3) is 5.08. The first-order valence-corrected chi connectivity index (χ1v) is 10.6. The van der Waals surface area contributed by atoms with Crippen molar-refractivity contribution in [2.45, 2.75) is 33.2 Å². The van der Waals surface area contributed by atoms with Gasteiger partial charge in [-0.2, -0.15) is 0 Å². The van der Waals surface area contributed by atoms with Gasteiger partial charge in [-0.3, -0.25) is 14.4 Å². The molecule has 2 atom stereocenters. The number of anilines is 1.